The van der Waals surface area contributed by atoms with Crippen LogP contribution in [0.4, 0.5) is 4.39 Å². The Bertz CT molecular complexity index is 1350. The monoisotopic (exact) mass is 444 g/mol. The second-order valence-corrected chi connectivity index (χ2v) is 8.40. The van der Waals surface area contributed by atoms with Crippen molar-refractivity contribution in [2.24, 2.45) is 7.05 Å². The van der Waals surface area contributed by atoms with Crippen molar-refractivity contribution >= 4 is 5.78 Å². The van der Waals surface area contributed by atoms with E-state index in [0.717, 1.165) is 64.4 Å². The summed E-state index contributed by atoms with van der Waals surface area (Å²) in [5, 5.41) is 9.37. The van der Waals surface area contributed by atoms with Gasteiger partial charge in [0.15, 0.2) is 11.6 Å². The van der Waals surface area contributed by atoms with E-state index >= 15 is 0 Å². The Balaban J connectivity index is 1.51. The molecule has 0 amide bonds. The van der Waals surface area contributed by atoms with Gasteiger partial charge < -0.3 is 0 Å². The fourth-order valence-electron chi connectivity index (χ4n) is 4.78. The number of nitrogens with zero attached hydrogens (tertiary/aromatic N) is 6. The summed E-state index contributed by atoms with van der Waals surface area (Å²) in [6.07, 6.45) is 5.08. The van der Waals surface area contributed by atoms with Crippen LogP contribution in [0.2, 0.25) is 0 Å². The summed E-state index contributed by atoms with van der Waals surface area (Å²) in [5.74, 6) is 0.556. The van der Waals surface area contributed by atoms with E-state index in [0.29, 0.717) is 18.7 Å². The van der Waals surface area contributed by atoms with Gasteiger partial charge in [0.2, 0.25) is 0 Å². The summed E-state index contributed by atoms with van der Waals surface area (Å²) in [7, 11) is 1.91. The molecule has 7 nitrogen and oxygen atoms in total. The lowest BCUT2D eigenvalue weighted by Gasteiger charge is -2.13. The number of fused-ring (bicyclic) bond motifs is 1. The Kier molecular flexibility index (Phi) is 5.36. The van der Waals surface area contributed by atoms with Crippen molar-refractivity contribution in [3.8, 4) is 17.1 Å². The molecular weight excluding hydrogens is 419 g/mol. The summed E-state index contributed by atoms with van der Waals surface area (Å²) in [6.45, 7) is 3.97. The lowest BCUT2D eigenvalue weighted by molar-refractivity contribution is 0.0971. The molecule has 0 radical (unpaired) electrons. The van der Waals surface area contributed by atoms with E-state index in [1.54, 1.807) is 16.8 Å². The van der Waals surface area contributed by atoms with Crippen LogP contribution in [0.15, 0.2) is 36.7 Å². The number of rotatable bonds is 5. The van der Waals surface area contributed by atoms with Crippen LogP contribution < -0.4 is 0 Å². The quantitative estimate of drug-likeness (QED) is 0.461. The van der Waals surface area contributed by atoms with E-state index in [1.165, 1.54) is 18.5 Å². The third-order valence-corrected chi connectivity index (χ3v) is 6.23. The molecule has 3 heterocycles. The lowest BCUT2D eigenvalue weighted by Crippen LogP contribution is -2.14. The summed E-state index contributed by atoms with van der Waals surface area (Å²) in [4.78, 5) is 21.3. The van der Waals surface area contributed by atoms with Crippen LogP contribution in [0.1, 0.15) is 58.5 Å². The van der Waals surface area contributed by atoms with Gasteiger partial charge in [0.05, 0.1) is 34.0 Å². The molecular formula is C25H25FN6O. The number of halogens is 1. The van der Waals surface area contributed by atoms with Gasteiger partial charge in [-0.15, -0.1) is 0 Å². The van der Waals surface area contributed by atoms with Crippen LogP contribution in [0.25, 0.3) is 17.1 Å². The van der Waals surface area contributed by atoms with Crippen LogP contribution in [-0.4, -0.2) is 35.3 Å². The maximum atomic E-state index is 13.4. The molecule has 8 heteroatoms. The topological polar surface area (TPSA) is 78.5 Å². The first-order chi connectivity index (χ1) is 16.0. The zero-order valence-electron chi connectivity index (χ0n) is 19.0. The van der Waals surface area contributed by atoms with Gasteiger partial charge in [0.1, 0.15) is 12.1 Å². The van der Waals surface area contributed by atoms with E-state index in [1.807, 2.05) is 24.7 Å². The lowest BCUT2D eigenvalue weighted by atomic mass is 9.95. The van der Waals surface area contributed by atoms with E-state index in [9.17, 15) is 9.18 Å². The third kappa shape index (κ3) is 3.75. The summed E-state index contributed by atoms with van der Waals surface area (Å²) in [5.41, 5.74) is 7.19. The van der Waals surface area contributed by atoms with Crippen LogP contribution in [0.5, 0.6) is 0 Å². The average molecular weight is 445 g/mol. The van der Waals surface area contributed by atoms with Crippen LogP contribution in [0.3, 0.4) is 0 Å². The fraction of sp³-hybridized carbons (Fsp3) is 0.320. The van der Waals surface area contributed by atoms with Crippen LogP contribution >= 0.6 is 0 Å². The SMILES string of the molecule is CCc1c(Cc2cc(-n3nc(C)c4c3CCCC4=O)ncn2)nn(C)c1-c1ccc(F)cc1. The van der Waals surface area contributed by atoms with Gasteiger partial charge in [0.25, 0.3) is 0 Å². The molecule has 1 aromatic carbocycles. The van der Waals surface area contributed by atoms with Crippen LogP contribution in [0, 0.1) is 12.7 Å². The summed E-state index contributed by atoms with van der Waals surface area (Å²) < 4.78 is 17.1. The van der Waals surface area contributed by atoms with Gasteiger partial charge in [-0.2, -0.15) is 10.2 Å². The normalized spacial score (nSPS) is 13.4. The van der Waals surface area contributed by atoms with Crippen molar-refractivity contribution in [3.05, 3.63) is 76.4 Å². The van der Waals surface area contributed by atoms with Gasteiger partial charge in [-0.25, -0.2) is 19.0 Å². The van der Waals surface area contributed by atoms with E-state index < -0.39 is 0 Å². The molecule has 3 aromatic heterocycles. The average Bonchev–Trinajstić information content (AvgIpc) is 3.31. The Hall–Kier alpha value is -3.68. The molecule has 0 saturated heterocycles. The maximum Gasteiger partial charge on any atom is 0.166 e. The standard InChI is InChI=1S/C25H25FN6O/c1-4-19-20(30-31(3)25(19)16-8-10-17(26)11-9-16)12-18-13-23(28-14-27-18)32-21-6-5-7-22(33)24(21)15(2)29-32/h8-11,13-14H,4-7,12H2,1-3H3. The highest BCUT2D eigenvalue weighted by molar-refractivity contribution is 5.99. The molecule has 0 aliphatic heterocycles. The van der Waals surface area contributed by atoms with Crippen molar-refractivity contribution in [1.29, 1.82) is 0 Å². The van der Waals surface area contributed by atoms with Crippen LogP contribution in [-0.2, 0) is 26.3 Å². The van der Waals surface area contributed by atoms with Crippen molar-refractivity contribution in [3.63, 3.8) is 0 Å². The first-order valence-corrected chi connectivity index (χ1v) is 11.2. The van der Waals surface area contributed by atoms with Crippen molar-refractivity contribution < 1.29 is 9.18 Å². The number of benzene rings is 1. The highest BCUT2D eigenvalue weighted by Crippen LogP contribution is 2.29. The van der Waals surface area contributed by atoms with Crippen molar-refractivity contribution in [1.82, 2.24) is 29.5 Å². The predicted octanol–water partition coefficient (Wildman–Crippen LogP) is 4.18. The molecule has 4 aromatic rings. The molecule has 0 spiro atoms. The van der Waals surface area contributed by atoms with Gasteiger partial charge >= 0.3 is 0 Å². The fourth-order valence-corrected chi connectivity index (χ4v) is 4.78. The second kappa shape index (κ2) is 8.35. The number of hydrogen-bond donors (Lipinski definition) is 0. The Morgan fingerprint density at radius 3 is 2.64 bits per heavy atom. The number of ketones is 1. The molecule has 0 atom stereocenters. The molecule has 0 fully saturated rings. The predicted molar refractivity (Wildman–Crippen MR) is 122 cm³/mol. The Morgan fingerprint density at radius 2 is 1.88 bits per heavy atom. The minimum absolute atomic E-state index is 0.156. The second-order valence-electron chi connectivity index (χ2n) is 8.40. The molecule has 5 rings (SSSR count). The number of carbonyl (C=O) groups excluding carboxylic acids is 1. The molecule has 1 aliphatic rings. The minimum Gasteiger partial charge on any atom is -0.294 e. The molecule has 168 valence electrons. The number of Topliss-reactive ketones (excluding diaryl/α,β-unsaturated/α-hetero) is 1. The van der Waals surface area contributed by atoms with Crippen molar-refractivity contribution in [2.45, 2.75) is 46.0 Å². The van der Waals surface area contributed by atoms with Gasteiger partial charge in [-0.3, -0.25) is 9.48 Å². The first-order valence-electron chi connectivity index (χ1n) is 11.2. The number of carbonyl (C=O) groups is 1. The van der Waals surface area contributed by atoms with E-state index in [-0.39, 0.29) is 11.6 Å². The van der Waals surface area contributed by atoms with E-state index in [4.69, 9.17) is 5.10 Å². The number of aryl methyl sites for hydroxylation is 2. The molecule has 0 bridgehead atoms. The van der Waals surface area contributed by atoms with Gasteiger partial charge in [0, 0.05) is 37.1 Å². The molecule has 0 N–H and O–H groups in total. The smallest absolute Gasteiger partial charge is 0.166 e. The Labute approximate surface area is 191 Å². The molecule has 33 heavy (non-hydrogen) atoms. The molecule has 0 saturated carbocycles. The van der Waals surface area contributed by atoms with Crippen molar-refractivity contribution in [2.75, 3.05) is 0 Å². The zero-order chi connectivity index (χ0) is 23.1. The Morgan fingerprint density at radius 1 is 1.09 bits per heavy atom. The largest absolute Gasteiger partial charge is 0.294 e. The van der Waals surface area contributed by atoms with Gasteiger partial charge in [-0.05, 0) is 50.5 Å². The minimum atomic E-state index is -0.259. The van der Waals surface area contributed by atoms with Gasteiger partial charge in [-0.1, -0.05) is 6.92 Å². The summed E-state index contributed by atoms with van der Waals surface area (Å²) >= 11 is 0. The highest BCUT2D eigenvalue weighted by Gasteiger charge is 2.26. The highest BCUT2D eigenvalue weighted by atomic mass is 19.1. The molecule has 1 aliphatic carbocycles. The number of hydrogen-bond acceptors (Lipinski definition) is 5. The number of aromatic nitrogens is 6. The third-order valence-electron chi connectivity index (χ3n) is 6.23. The maximum absolute atomic E-state index is 13.4. The molecule has 0 unspecified atom stereocenters. The summed E-state index contributed by atoms with van der Waals surface area (Å²) in [6, 6.07) is 8.41. The first kappa shape index (κ1) is 21.2. The zero-order valence-corrected chi connectivity index (χ0v) is 19.0. The van der Waals surface area contributed by atoms with E-state index in [2.05, 4.69) is 22.0 Å².